The van der Waals surface area contributed by atoms with Gasteiger partial charge in [0.05, 0.1) is 0 Å². The Morgan fingerprint density at radius 3 is 1.73 bits per heavy atom. The third kappa shape index (κ3) is 25.1. The number of hydrogen-bond acceptors (Lipinski definition) is 3. The molecular formula is C18H36NNaO2. The second-order valence-corrected chi connectivity index (χ2v) is 4.70. The Kier molecular flexibility index (Phi) is 31.9. The van der Waals surface area contributed by atoms with Crippen LogP contribution in [0.25, 0.3) is 0 Å². The molecule has 0 bridgehead atoms. The van der Waals surface area contributed by atoms with Crippen molar-refractivity contribution in [3.63, 3.8) is 0 Å². The maximum absolute atomic E-state index is 7.91. The van der Waals surface area contributed by atoms with E-state index < -0.39 is 0 Å². The normalized spacial score (nSPS) is 8.77. The molecule has 1 aromatic rings. The molecule has 3 nitrogen and oxygen atoms in total. The summed E-state index contributed by atoms with van der Waals surface area (Å²) in [6.07, 6.45) is 5.75. The first-order chi connectivity index (χ1) is 10.3. The number of aryl methyl sites for hydroxylation is 1. The molecule has 0 aliphatic heterocycles. The fourth-order valence-corrected chi connectivity index (χ4v) is 1.54. The third-order valence-corrected chi connectivity index (χ3v) is 2.73. The Labute approximate surface area is 161 Å². The average Bonchev–Trinajstić information content (AvgIpc) is 2.52. The van der Waals surface area contributed by atoms with E-state index in [-0.39, 0.29) is 44.2 Å². The molecular weight excluding hydrogens is 285 g/mol. The smallest absolute Gasteiger partial charge is 1.00 e. The van der Waals surface area contributed by atoms with Gasteiger partial charge in [-0.05, 0) is 37.9 Å². The molecule has 0 unspecified atom stereocenters. The molecule has 0 atom stereocenters. The minimum atomic E-state index is 0. The summed E-state index contributed by atoms with van der Waals surface area (Å²) < 4.78 is 0. The topological polar surface area (TPSA) is 52.5 Å². The summed E-state index contributed by atoms with van der Waals surface area (Å²) in [5.74, 6) is 0. The van der Waals surface area contributed by atoms with Gasteiger partial charge in [0.2, 0.25) is 0 Å². The zero-order valence-electron chi connectivity index (χ0n) is 16.1. The van der Waals surface area contributed by atoms with Crippen molar-refractivity contribution in [1.29, 1.82) is 0 Å². The molecule has 0 saturated heterocycles. The molecule has 0 amide bonds. The Morgan fingerprint density at radius 1 is 0.864 bits per heavy atom. The SMILES string of the molecule is CCCCCc1ccccc1.CCNCC.OCCCO.[H-].[Na+]. The van der Waals surface area contributed by atoms with Crippen LogP contribution in [0, 0.1) is 0 Å². The molecule has 1 aromatic carbocycles. The van der Waals surface area contributed by atoms with Gasteiger partial charge in [0, 0.05) is 13.2 Å². The Balaban J connectivity index is -0.000000129. The maximum Gasteiger partial charge on any atom is 1.00 e. The van der Waals surface area contributed by atoms with Gasteiger partial charge >= 0.3 is 29.6 Å². The third-order valence-electron chi connectivity index (χ3n) is 2.73. The minimum Gasteiger partial charge on any atom is -1.00 e. The molecule has 1 rings (SSSR count). The number of aliphatic hydroxyl groups is 2. The first kappa shape index (κ1) is 27.0. The van der Waals surface area contributed by atoms with E-state index in [2.05, 4.69) is 56.4 Å². The molecule has 3 N–H and O–H groups in total. The van der Waals surface area contributed by atoms with Crippen LogP contribution < -0.4 is 34.9 Å². The number of nitrogens with one attached hydrogen (secondary N) is 1. The average molecular weight is 321 g/mol. The quantitative estimate of drug-likeness (QED) is 0.483. The van der Waals surface area contributed by atoms with Crippen LogP contribution in [0.5, 0.6) is 0 Å². The van der Waals surface area contributed by atoms with Crippen LogP contribution in [-0.2, 0) is 6.42 Å². The van der Waals surface area contributed by atoms with Crippen LogP contribution in [0.3, 0.4) is 0 Å². The van der Waals surface area contributed by atoms with Gasteiger partial charge in [0.25, 0.3) is 0 Å². The summed E-state index contributed by atoms with van der Waals surface area (Å²) in [6, 6.07) is 10.7. The van der Waals surface area contributed by atoms with Crippen molar-refractivity contribution in [1.82, 2.24) is 5.32 Å². The molecule has 0 heterocycles. The van der Waals surface area contributed by atoms with E-state index >= 15 is 0 Å². The minimum absolute atomic E-state index is 0. The molecule has 0 fully saturated rings. The van der Waals surface area contributed by atoms with Crippen LogP contribution in [-0.4, -0.2) is 36.5 Å². The molecule has 22 heavy (non-hydrogen) atoms. The fraction of sp³-hybridized carbons (Fsp3) is 0.667. The van der Waals surface area contributed by atoms with Crippen LogP contribution >= 0.6 is 0 Å². The van der Waals surface area contributed by atoms with E-state index in [1.54, 1.807) is 0 Å². The van der Waals surface area contributed by atoms with Gasteiger partial charge in [-0.2, -0.15) is 0 Å². The summed E-state index contributed by atoms with van der Waals surface area (Å²) in [5.41, 5.74) is 1.47. The number of unbranched alkanes of at least 4 members (excludes halogenated alkanes) is 2. The van der Waals surface area contributed by atoms with Gasteiger partial charge in [-0.15, -0.1) is 0 Å². The Morgan fingerprint density at radius 2 is 1.41 bits per heavy atom. The summed E-state index contributed by atoms with van der Waals surface area (Å²) in [5, 5.41) is 18.9. The standard InChI is InChI=1S/C11H16.C4H11N.C3H8O2.Na.H/c1-2-3-5-8-11-9-6-4-7-10-11;1-3-5-4-2;4-2-1-3-5;;/h4,6-7,9-10H,2-3,5,8H2,1H3;5H,3-4H2,1-2H3;4-5H,1-3H2;;/q;;;+1;-1. The van der Waals surface area contributed by atoms with Crippen molar-refractivity contribution < 1.29 is 41.2 Å². The van der Waals surface area contributed by atoms with Crippen molar-refractivity contribution in [2.75, 3.05) is 26.3 Å². The van der Waals surface area contributed by atoms with Gasteiger partial charge in [-0.1, -0.05) is 63.9 Å². The largest absolute Gasteiger partial charge is 1.00 e. The predicted molar refractivity (Wildman–Crippen MR) is 93.8 cm³/mol. The Bertz CT molecular complexity index is 267. The van der Waals surface area contributed by atoms with E-state index in [1.807, 2.05) is 0 Å². The number of aliphatic hydroxyl groups excluding tert-OH is 2. The van der Waals surface area contributed by atoms with E-state index in [0.717, 1.165) is 13.1 Å². The molecule has 0 aliphatic rings. The number of benzene rings is 1. The monoisotopic (exact) mass is 321 g/mol. The molecule has 0 radical (unpaired) electrons. The van der Waals surface area contributed by atoms with Crippen molar-refractivity contribution in [2.24, 2.45) is 0 Å². The van der Waals surface area contributed by atoms with Gasteiger partial charge in [0.1, 0.15) is 0 Å². The van der Waals surface area contributed by atoms with E-state index in [4.69, 9.17) is 10.2 Å². The molecule has 0 aliphatic carbocycles. The second-order valence-electron chi connectivity index (χ2n) is 4.70. The van der Waals surface area contributed by atoms with Gasteiger partial charge < -0.3 is 17.0 Å². The van der Waals surface area contributed by atoms with Crippen LogP contribution in [0.2, 0.25) is 0 Å². The summed E-state index contributed by atoms with van der Waals surface area (Å²) in [7, 11) is 0. The van der Waals surface area contributed by atoms with E-state index in [0.29, 0.717) is 6.42 Å². The number of hydrogen-bond donors (Lipinski definition) is 3. The molecule has 0 spiro atoms. The van der Waals surface area contributed by atoms with E-state index in [9.17, 15) is 0 Å². The number of rotatable bonds is 8. The van der Waals surface area contributed by atoms with Gasteiger partial charge in [-0.3, -0.25) is 0 Å². The molecule has 126 valence electrons. The first-order valence-corrected chi connectivity index (χ1v) is 8.23. The molecule has 4 heteroatoms. The summed E-state index contributed by atoms with van der Waals surface area (Å²) >= 11 is 0. The Hall–Kier alpha value is 0.1000. The second kappa shape index (κ2) is 26.0. The fourth-order valence-electron chi connectivity index (χ4n) is 1.54. The molecule has 0 aromatic heterocycles. The first-order valence-electron chi connectivity index (χ1n) is 8.23. The van der Waals surface area contributed by atoms with Crippen molar-refractivity contribution in [3.05, 3.63) is 35.9 Å². The summed E-state index contributed by atoms with van der Waals surface area (Å²) in [6.45, 7) is 8.82. The van der Waals surface area contributed by atoms with Crippen molar-refractivity contribution in [3.8, 4) is 0 Å². The molecule has 0 saturated carbocycles. The van der Waals surface area contributed by atoms with Crippen LogP contribution in [0.1, 0.15) is 53.4 Å². The van der Waals surface area contributed by atoms with E-state index in [1.165, 1.54) is 31.2 Å². The van der Waals surface area contributed by atoms with Crippen molar-refractivity contribution >= 4 is 0 Å². The zero-order chi connectivity index (χ0) is 16.2. The zero-order valence-corrected chi connectivity index (χ0v) is 17.1. The predicted octanol–water partition coefficient (Wildman–Crippen LogP) is 0.513. The van der Waals surface area contributed by atoms with Crippen LogP contribution in [0.15, 0.2) is 30.3 Å². The maximum atomic E-state index is 7.91. The van der Waals surface area contributed by atoms with Crippen molar-refractivity contribution in [2.45, 2.75) is 52.9 Å². The van der Waals surface area contributed by atoms with Gasteiger partial charge in [-0.25, -0.2) is 0 Å². The van der Waals surface area contributed by atoms with Gasteiger partial charge in [0.15, 0.2) is 0 Å². The van der Waals surface area contributed by atoms with Crippen LogP contribution in [0.4, 0.5) is 0 Å². The summed E-state index contributed by atoms with van der Waals surface area (Å²) in [4.78, 5) is 0.